The lowest BCUT2D eigenvalue weighted by Crippen LogP contribution is -1.98. The van der Waals surface area contributed by atoms with Crippen LogP contribution in [0.5, 0.6) is 0 Å². The van der Waals surface area contributed by atoms with E-state index >= 15 is 0 Å². The van der Waals surface area contributed by atoms with Crippen molar-refractivity contribution in [3.8, 4) is 0 Å². The molecular formula is C8H14Br2N2. The molecule has 0 aliphatic rings. The highest BCUT2D eigenvalue weighted by atomic mass is 79.9. The van der Waals surface area contributed by atoms with Gasteiger partial charge in [-0.3, -0.25) is 0 Å². The first-order valence-electron chi connectivity index (χ1n) is 3.88. The van der Waals surface area contributed by atoms with Gasteiger partial charge in [0.05, 0.1) is 0 Å². The Bertz CT molecular complexity index is 211. The highest BCUT2D eigenvalue weighted by molar-refractivity contribution is 9.09. The molecule has 12 heavy (non-hydrogen) atoms. The van der Waals surface area contributed by atoms with Crippen molar-refractivity contribution in [1.82, 2.24) is 9.55 Å². The van der Waals surface area contributed by atoms with E-state index in [-0.39, 0.29) is 17.0 Å². The van der Waals surface area contributed by atoms with Crippen LogP contribution in [0.2, 0.25) is 0 Å². The second kappa shape index (κ2) is 6.66. The number of hydrogen-bond acceptors (Lipinski definition) is 1. The first kappa shape index (κ1) is 12.2. The highest BCUT2D eigenvalue weighted by Crippen LogP contribution is 2.00. The molecule has 0 unspecified atom stereocenters. The maximum atomic E-state index is 4.15. The molecule has 70 valence electrons. The summed E-state index contributed by atoms with van der Waals surface area (Å²) in [6.07, 6.45) is 6.34. The maximum absolute atomic E-state index is 4.15. The topological polar surface area (TPSA) is 17.8 Å². The normalized spacial score (nSPS) is 9.50. The van der Waals surface area contributed by atoms with Crippen LogP contribution in [0.15, 0.2) is 12.4 Å². The zero-order valence-electron chi connectivity index (χ0n) is 7.16. The Balaban J connectivity index is 0.00000121. The number of aromatic nitrogens is 2. The van der Waals surface area contributed by atoms with E-state index in [1.807, 2.05) is 19.3 Å². The van der Waals surface area contributed by atoms with Gasteiger partial charge in [0.2, 0.25) is 0 Å². The number of halogens is 2. The average molecular weight is 298 g/mol. The van der Waals surface area contributed by atoms with Gasteiger partial charge in [0.15, 0.2) is 0 Å². The Labute approximate surface area is 92.3 Å². The van der Waals surface area contributed by atoms with Gasteiger partial charge in [-0.25, -0.2) is 4.98 Å². The van der Waals surface area contributed by atoms with Crippen molar-refractivity contribution in [3.05, 3.63) is 18.2 Å². The van der Waals surface area contributed by atoms with E-state index in [1.165, 1.54) is 12.8 Å². The maximum Gasteiger partial charge on any atom is 0.105 e. The quantitative estimate of drug-likeness (QED) is 0.617. The summed E-state index contributed by atoms with van der Waals surface area (Å²) in [4.78, 5) is 4.15. The third-order valence-corrected chi connectivity index (χ3v) is 2.27. The molecule has 0 aromatic carbocycles. The number of alkyl halides is 1. The van der Waals surface area contributed by atoms with E-state index in [2.05, 4.69) is 25.5 Å². The zero-order chi connectivity index (χ0) is 8.10. The minimum atomic E-state index is 0. The van der Waals surface area contributed by atoms with Crippen LogP contribution in [-0.4, -0.2) is 14.9 Å². The van der Waals surface area contributed by atoms with Crippen LogP contribution < -0.4 is 0 Å². The summed E-state index contributed by atoms with van der Waals surface area (Å²) in [5, 5.41) is 1.10. The fourth-order valence-corrected chi connectivity index (χ4v) is 1.41. The lowest BCUT2D eigenvalue weighted by atomic mass is 10.3. The molecule has 1 aromatic rings. The summed E-state index contributed by atoms with van der Waals surface area (Å²) < 4.78 is 2.18. The molecule has 1 aromatic heterocycles. The fourth-order valence-electron chi connectivity index (χ4n) is 1.02. The van der Waals surface area contributed by atoms with Crippen LogP contribution in [0.1, 0.15) is 18.7 Å². The van der Waals surface area contributed by atoms with Crippen molar-refractivity contribution in [2.24, 2.45) is 0 Å². The summed E-state index contributed by atoms with van der Waals surface area (Å²) in [6, 6.07) is 0. The summed E-state index contributed by atoms with van der Waals surface area (Å²) in [5.41, 5.74) is 0. The van der Waals surface area contributed by atoms with Crippen molar-refractivity contribution in [2.45, 2.75) is 26.3 Å². The van der Waals surface area contributed by atoms with Crippen LogP contribution in [-0.2, 0) is 6.54 Å². The molecule has 1 rings (SSSR count). The summed E-state index contributed by atoms with van der Waals surface area (Å²) >= 11 is 3.41. The van der Waals surface area contributed by atoms with Crippen molar-refractivity contribution < 1.29 is 0 Å². The highest BCUT2D eigenvalue weighted by Gasteiger charge is 1.94. The lowest BCUT2D eigenvalue weighted by Gasteiger charge is -2.02. The Hall–Kier alpha value is 0.170. The Morgan fingerprint density at radius 1 is 1.50 bits per heavy atom. The largest absolute Gasteiger partial charge is 0.335 e. The molecular weight excluding hydrogens is 284 g/mol. The summed E-state index contributed by atoms with van der Waals surface area (Å²) in [5.74, 6) is 1.11. The molecule has 0 saturated carbocycles. The van der Waals surface area contributed by atoms with Crippen LogP contribution in [0.3, 0.4) is 0 Å². The van der Waals surface area contributed by atoms with Gasteiger partial charge in [-0.05, 0) is 19.8 Å². The minimum absolute atomic E-state index is 0. The zero-order valence-corrected chi connectivity index (χ0v) is 10.5. The standard InChI is InChI=1S/C8H13BrN2.BrH/c1-8-10-5-7-11(8)6-3-2-4-9;/h5,7H,2-4,6H2,1H3;1H. The number of unbranched alkanes of at least 4 members (excludes halogenated alkanes) is 1. The van der Waals surface area contributed by atoms with E-state index in [1.54, 1.807) is 0 Å². The van der Waals surface area contributed by atoms with E-state index in [9.17, 15) is 0 Å². The third-order valence-electron chi connectivity index (χ3n) is 1.71. The average Bonchev–Trinajstić information content (AvgIpc) is 2.37. The van der Waals surface area contributed by atoms with Gasteiger partial charge in [-0.2, -0.15) is 0 Å². The second-order valence-electron chi connectivity index (χ2n) is 2.56. The molecule has 0 radical (unpaired) electrons. The number of rotatable bonds is 4. The first-order chi connectivity index (χ1) is 5.34. The Morgan fingerprint density at radius 3 is 2.75 bits per heavy atom. The number of aryl methyl sites for hydroxylation is 2. The third kappa shape index (κ3) is 3.72. The fraction of sp³-hybridized carbons (Fsp3) is 0.625. The Morgan fingerprint density at radius 2 is 2.25 bits per heavy atom. The van der Waals surface area contributed by atoms with Crippen LogP contribution in [0.25, 0.3) is 0 Å². The lowest BCUT2D eigenvalue weighted by molar-refractivity contribution is 0.620. The summed E-state index contributed by atoms with van der Waals surface area (Å²) in [6.45, 7) is 3.13. The van der Waals surface area contributed by atoms with Crippen molar-refractivity contribution in [3.63, 3.8) is 0 Å². The van der Waals surface area contributed by atoms with Crippen LogP contribution in [0.4, 0.5) is 0 Å². The van der Waals surface area contributed by atoms with E-state index in [4.69, 9.17) is 0 Å². The van der Waals surface area contributed by atoms with Crippen molar-refractivity contribution in [1.29, 1.82) is 0 Å². The Kier molecular flexibility index (Phi) is 6.76. The van der Waals surface area contributed by atoms with Gasteiger partial charge in [0.1, 0.15) is 5.82 Å². The van der Waals surface area contributed by atoms with Crippen molar-refractivity contribution >= 4 is 32.9 Å². The van der Waals surface area contributed by atoms with E-state index in [0.717, 1.165) is 17.7 Å². The smallest absolute Gasteiger partial charge is 0.105 e. The molecule has 0 spiro atoms. The summed E-state index contributed by atoms with van der Waals surface area (Å²) in [7, 11) is 0. The molecule has 4 heteroatoms. The molecule has 0 N–H and O–H groups in total. The monoisotopic (exact) mass is 296 g/mol. The van der Waals surface area contributed by atoms with Gasteiger partial charge in [-0.1, -0.05) is 15.9 Å². The molecule has 0 atom stereocenters. The van der Waals surface area contributed by atoms with Gasteiger partial charge < -0.3 is 4.57 Å². The molecule has 0 aliphatic carbocycles. The van der Waals surface area contributed by atoms with Crippen LogP contribution >= 0.6 is 32.9 Å². The van der Waals surface area contributed by atoms with Gasteiger partial charge in [0.25, 0.3) is 0 Å². The van der Waals surface area contributed by atoms with E-state index in [0.29, 0.717) is 0 Å². The van der Waals surface area contributed by atoms with Crippen molar-refractivity contribution in [2.75, 3.05) is 5.33 Å². The van der Waals surface area contributed by atoms with Gasteiger partial charge in [-0.15, -0.1) is 17.0 Å². The SMILES string of the molecule is Br.Cc1nccn1CCCCBr. The number of imidazole rings is 1. The first-order valence-corrected chi connectivity index (χ1v) is 5.00. The number of nitrogens with zero attached hydrogens (tertiary/aromatic N) is 2. The predicted octanol–water partition coefficient (Wildman–Crippen LogP) is 2.94. The van der Waals surface area contributed by atoms with Gasteiger partial charge >= 0.3 is 0 Å². The molecule has 0 fully saturated rings. The number of hydrogen-bond donors (Lipinski definition) is 0. The predicted molar refractivity (Wildman–Crippen MR) is 60.3 cm³/mol. The van der Waals surface area contributed by atoms with Gasteiger partial charge in [0, 0.05) is 24.3 Å². The molecule has 0 bridgehead atoms. The second-order valence-corrected chi connectivity index (χ2v) is 3.36. The minimum Gasteiger partial charge on any atom is -0.335 e. The van der Waals surface area contributed by atoms with Crippen LogP contribution in [0, 0.1) is 6.92 Å². The molecule has 0 amide bonds. The van der Waals surface area contributed by atoms with E-state index < -0.39 is 0 Å². The molecule has 0 aliphatic heterocycles. The molecule has 0 saturated heterocycles. The molecule has 1 heterocycles. The molecule has 2 nitrogen and oxygen atoms in total.